The molecule has 1 unspecified atom stereocenters. The largest absolute Gasteiger partial charge is 0.383 e. The van der Waals surface area contributed by atoms with Crippen LogP contribution in [-0.4, -0.2) is 45.0 Å². The fourth-order valence-corrected chi connectivity index (χ4v) is 4.89. The molecule has 34 heavy (non-hydrogen) atoms. The summed E-state index contributed by atoms with van der Waals surface area (Å²) in [5.74, 6) is 0.287. The van der Waals surface area contributed by atoms with Gasteiger partial charge >= 0.3 is 0 Å². The number of rotatable bonds is 9. The van der Waals surface area contributed by atoms with Gasteiger partial charge in [-0.15, -0.1) is 10.2 Å². The van der Waals surface area contributed by atoms with E-state index in [-0.39, 0.29) is 17.6 Å². The first-order valence-electron chi connectivity index (χ1n) is 11.2. The zero-order valence-corrected chi connectivity index (χ0v) is 20.7. The Morgan fingerprint density at radius 1 is 0.971 bits per heavy atom. The smallest absolute Gasteiger partial charge is 0.210 e. The second kappa shape index (κ2) is 10.8. The number of carbonyl (C=O) groups is 1. The van der Waals surface area contributed by atoms with Crippen molar-refractivity contribution in [2.45, 2.75) is 32.0 Å². The quantitative estimate of drug-likeness (QED) is 0.226. The molecule has 4 aromatic rings. The molecule has 2 aromatic heterocycles. The third kappa shape index (κ3) is 5.11. The summed E-state index contributed by atoms with van der Waals surface area (Å²) < 4.78 is 7.45. The van der Waals surface area contributed by atoms with Gasteiger partial charge in [0.2, 0.25) is 5.16 Å². The Kier molecular flexibility index (Phi) is 7.55. The molecule has 7 heteroatoms. The summed E-state index contributed by atoms with van der Waals surface area (Å²) in [6.07, 6.45) is 0. The molecular weight excluding hydrogens is 444 g/mol. The normalized spacial score (nSPS) is 12.0. The molecule has 0 spiro atoms. The molecule has 0 amide bonds. The Morgan fingerprint density at radius 3 is 2.21 bits per heavy atom. The van der Waals surface area contributed by atoms with E-state index < -0.39 is 0 Å². The van der Waals surface area contributed by atoms with Crippen molar-refractivity contribution in [3.63, 3.8) is 0 Å². The van der Waals surface area contributed by atoms with Gasteiger partial charge in [-0.2, -0.15) is 0 Å². The molecule has 0 aliphatic heterocycles. The molecule has 174 valence electrons. The number of carbonyl (C=O) groups excluding carboxylic acids is 1. The van der Waals surface area contributed by atoms with E-state index in [9.17, 15) is 4.79 Å². The Bertz CT molecular complexity index is 1270. The third-order valence-corrected chi connectivity index (χ3v) is 6.57. The molecule has 0 aliphatic rings. The molecule has 0 bridgehead atoms. The van der Waals surface area contributed by atoms with E-state index in [0.717, 1.165) is 39.5 Å². The van der Waals surface area contributed by atoms with E-state index in [1.165, 1.54) is 11.8 Å². The van der Waals surface area contributed by atoms with Gasteiger partial charge in [0, 0.05) is 35.2 Å². The van der Waals surface area contributed by atoms with E-state index in [4.69, 9.17) is 9.72 Å². The zero-order valence-electron chi connectivity index (χ0n) is 19.9. The van der Waals surface area contributed by atoms with Crippen molar-refractivity contribution in [1.82, 2.24) is 19.7 Å². The lowest BCUT2D eigenvalue weighted by Gasteiger charge is -2.17. The van der Waals surface area contributed by atoms with Crippen LogP contribution in [0.3, 0.4) is 0 Å². The van der Waals surface area contributed by atoms with Gasteiger partial charge in [-0.05, 0) is 26.8 Å². The van der Waals surface area contributed by atoms with Crippen molar-refractivity contribution in [3.8, 4) is 22.5 Å². The van der Waals surface area contributed by atoms with Crippen LogP contribution in [-0.2, 0) is 4.74 Å². The van der Waals surface area contributed by atoms with Gasteiger partial charge in [-0.3, -0.25) is 4.79 Å². The van der Waals surface area contributed by atoms with Gasteiger partial charge in [-0.1, -0.05) is 72.4 Å². The van der Waals surface area contributed by atoms with Crippen LogP contribution >= 0.6 is 11.8 Å². The summed E-state index contributed by atoms with van der Waals surface area (Å²) in [6.45, 7) is 6.68. The third-order valence-electron chi connectivity index (χ3n) is 5.73. The van der Waals surface area contributed by atoms with E-state index >= 15 is 0 Å². The summed E-state index contributed by atoms with van der Waals surface area (Å²) in [7, 11) is 1.69. The molecule has 1 atom stereocenters. The Balaban J connectivity index is 1.58. The van der Waals surface area contributed by atoms with Crippen molar-refractivity contribution in [2.24, 2.45) is 0 Å². The van der Waals surface area contributed by atoms with Crippen LogP contribution < -0.4 is 0 Å². The van der Waals surface area contributed by atoms with Crippen LogP contribution in [0.4, 0.5) is 0 Å². The van der Waals surface area contributed by atoms with Crippen LogP contribution in [0.5, 0.6) is 0 Å². The number of nitrogens with zero attached hydrogens (tertiary/aromatic N) is 4. The first kappa shape index (κ1) is 23.9. The highest BCUT2D eigenvalue weighted by Crippen LogP contribution is 2.30. The van der Waals surface area contributed by atoms with Gasteiger partial charge in [0.25, 0.3) is 0 Å². The molecule has 0 N–H and O–H groups in total. The number of hydrogen-bond acceptors (Lipinski definition) is 6. The standard InChI is InChI=1S/C27H28N4O2S/c1-18-15-23(20(3)31(18)19(2)16-33-4)24(32)17-34-27-28-25(21-11-7-5-8-12-21)26(29-30-27)22-13-9-6-10-14-22/h5-15,19H,16-17H2,1-4H3. The monoisotopic (exact) mass is 472 g/mol. The van der Waals surface area contributed by atoms with Gasteiger partial charge in [0.05, 0.1) is 18.4 Å². The van der Waals surface area contributed by atoms with Gasteiger partial charge in [0.15, 0.2) is 5.78 Å². The molecule has 0 saturated carbocycles. The molecule has 0 saturated heterocycles. The number of methoxy groups -OCH3 is 1. The van der Waals surface area contributed by atoms with Crippen molar-refractivity contribution >= 4 is 17.5 Å². The van der Waals surface area contributed by atoms with Gasteiger partial charge in [0.1, 0.15) is 11.4 Å². The van der Waals surface area contributed by atoms with Crippen molar-refractivity contribution < 1.29 is 9.53 Å². The summed E-state index contributed by atoms with van der Waals surface area (Å²) in [5.41, 5.74) is 6.11. The Morgan fingerprint density at radius 2 is 1.59 bits per heavy atom. The Labute approximate surface area is 204 Å². The van der Waals surface area contributed by atoms with E-state index in [1.54, 1.807) is 7.11 Å². The summed E-state index contributed by atoms with van der Waals surface area (Å²) in [4.78, 5) is 17.9. The maximum absolute atomic E-state index is 13.1. The zero-order chi connectivity index (χ0) is 24.1. The average Bonchev–Trinajstić information content (AvgIpc) is 3.17. The lowest BCUT2D eigenvalue weighted by molar-refractivity contribution is 0.102. The Hall–Kier alpha value is -3.29. The number of aromatic nitrogens is 4. The molecule has 0 radical (unpaired) electrons. The SMILES string of the molecule is COCC(C)n1c(C)cc(C(=O)CSc2nnc(-c3ccccc3)c(-c3ccccc3)n2)c1C. The van der Waals surface area contributed by atoms with Crippen LogP contribution in [0.15, 0.2) is 71.9 Å². The molecular formula is C27H28N4O2S. The molecule has 2 aromatic carbocycles. The lowest BCUT2D eigenvalue weighted by Crippen LogP contribution is -2.14. The molecule has 0 fully saturated rings. The second-order valence-electron chi connectivity index (χ2n) is 8.19. The fourth-order valence-electron chi connectivity index (χ4n) is 4.22. The summed E-state index contributed by atoms with van der Waals surface area (Å²) >= 11 is 1.31. The predicted molar refractivity (Wildman–Crippen MR) is 136 cm³/mol. The van der Waals surface area contributed by atoms with Crippen LogP contribution in [0.25, 0.3) is 22.5 Å². The van der Waals surface area contributed by atoms with Crippen LogP contribution in [0.1, 0.15) is 34.7 Å². The lowest BCUT2D eigenvalue weighted by atomic mass is 10.0. The minimum absolute atomic E-state index is 0.0472. The second-order valence-corrected chi connectivity index (χ2v) is 9.14. The number of ether oxygens (including phenoxy) is 1. The van der Waals surface area contributed by atoms with Crippen molar-refractivity contribution in [3.05, 3.63) is 83.7 Å². The van der Waals surface area contributed by atoms with Crippen molar-refractivity contribution in [1.29, 1.82) is 0 Å². The number of Topliss-reactive ketones (excluding diaryl/α,β-unsaturated/α-hetero) is 1. The minimum Gasteiger partial charge on any atom is -0.383 e. The molecule has 4 rings (SSSR count). The van der Waals surface area contributed by atoms with Gasteiger partial charge in [-0.25, -0.2) is 4.98 Å². The number of ketones is 1. The number of hydrogen-bond donors (Lipinski definition) is 0. The summed E-state index contributed by atoms with van der Waals surface area (Å²) in [6, 6.07) is 21.9. The first-order chi connectivity index (χ1) is 16.5. The number of thioether (sulfide) groups is 1. The van der Waals surface area contributed by atoms with E-state index in [1.807, 2.05) is 80.6 Å². The predicted octanol–water partition coefficient (Wildman–Crippen LogP) is 5.81. The highest BCUT2D eigenvalue weighted by molar-refractivity contribution is 7.99. The van der Waals surface area contributed by atoms with Crippen LogP contribution in [0, 0.1) is 13.8 Å². The van der Waals surface area contributed by atoms with Crippen molar-refractivity contribution in [2.75, 3.05) is 19.5 Å². The first-order valence-corrected chi connectivity index (χ1v) is 12.2. The molecule has 0 aliphatic carbocycles. The summed E-state index contributed by atoms with van der Waals surface area (Å²) in [5, 5.41) is 9.31. The van der Waals surface area contributed by atoms with Crippen LogP contribution in [0.2, 0.25) is 0 Å². The molecule has 6 nitrogen and oxygen atoms in total. The molecule has 2 heterocycles. The topological polar surface area (TPSA) is 69.9 Å². The number of aryl methyl sites for hydroxylation is 1. The highest BCUT2D eigenvalue weighted by Gasteiger charge is 2.20. The van der Waals surface area contributed by atoms with Gasteiger partial charge < -0.3 is 9.30 Å². The fraction of sp³-hybridized carbons (Fsp3) is 0.259. The number of benzene rings is 2. The maximum Gasteiger partial charge on any atom is 0.210 e. The van der Waals surface area contributed by atoms with E-state index in [2.05, 4.69) is 21.7 Å². The average molecular weight is 473 g/mol. The minimum atomic E-state index is 0.0472. The maximum atomic E-state index is 13.1. The highest BCUT2D eigenvalue weighted by atomic mass is 32.2. The van der Waals surface area contributed by atoms with E-state index in [0.29, 0.717) is 11.8 Å².